The molecule has 0 aliphatic rings. The largest absolute Gasteiger partial charge is 0.357 e. The number of carbonyl (C=O) groups is 2. The number of nitrogens with zero attached hydrogens (tertiary/aromatic N) is 1. The first-order valence-corrected chi connectivity index (χ1v) is 10.5. The van der Waals surface area contributed by atoms with E-state index in [-0.39, 0.29) is 17.7 Å². The fourth-order valence-corrected chi connectivity index (χ4v) is 3.68. The average Bonchev–Trinajstić information content (AvgIpc) is 2.84. The molecule has 1 atom stereocenters. The van der Waals surface area contributed by atoms with E-state index in [4.69, 9.17) is 0 Å². The highest BCUT2D eigenvalue weighted by atomic mass is 16.2. The van der Waals surface area contributed by atoms with Gasteiger partial charge in [-0.05, 0) is 42.7 Å². The maximum absolute atomic E-state index is 13.1. The SMILES string of the molecule is CNC(=O)C(NC(=O)c1ccc(C(C)(C)C#N)cc1)C(c1ccccc1)c1ccccc1. The van der Waals surface area contributed by atoms with Gasteiger partial charge in [0.2, 0.25) is 5.91 Å². The lowest BCUT2D eigenvalue weighted by Gasteiger charge is -2.28. The molecule has 0 radical (unpaired) electrons. The van der Waals surface area contributed by atoms with Crippen molar-refractivity contribution < 1.29 is 9.59 Å². The normalized spacial score (nSPS) is 12.0. The minimum atomic E-state index is -0.812. The van der Waals surface area contributed by atoms with Crippen molar-refractivity contribution in [3.8, 4) is 6.07 Å². The molecule has 0 saturated heterocycles. The molecule has 32 heavy (non-hydrogen) atoms. The van der Waals surface area contributed by atoms with Crippen LogP contribution in [0.2, 0.25) is 0 Å². The molecule has 3 rings (SSSR count). The monoisotopic (exact) mass is 425 g/mol. The molecule has 0 aliphatic carbocycles. The van der Waals surface area contributed by atoms with E-state index in [0.717, 1.165) is 16.7 Å². The van der Waals surface area contributed by atoms with Crippen LogP contribution in [0.25, 0.3) is 0 Å². The third-order valence-electron chi connectivity index (χ3n) is 5.61. The Hall–Kier alpha value is -3.91. The van der Waals surface area contributed by atoms with Crippen molar-refractivity contribution in [3.05, 3.63) is 107 Å². The quantitative estimate of drug-likeness (QED) is 0.596. The summed E-state index contributed by atoms with van der Waals surface area (Å²) in [4.78, 5) is 26.0. The molecule has 162 valence electrons. The predicted molar refractivity (Wildman–Crippen MR) is 125 cm³/mol. The van der Waals surface area contributed by atoms with Gasteiger partial charge in [0.25, 0.3) is 5.91 Å². The Balaban J connectivity index is 1.96. The summed E-state index contributed by atoms with van der Waals surface area (Å²) in [5.41, 5.74) is 2.46. The van der Waals surface area contributed by atoms with Gasteiger partial charge in [-0.25, -0.2) is 0 Å². The van der Waals surface area contributed by atoms with E-state index in [2.05, 4.69) is 16.7 Å². The highest BCUT2D eigenvalue weighted by Crippen LogP contribution is 2.29. The van der Waals surface area contributed by atoms with Gasteiger partial charge in [-0.1, -0.05) is 72.8 Å². The molecule has 0 aliphatic heterocycles. The van der Waals surface area contributed by atoms with Gasteiger partial charge < -0.3 is 10.6 Å². The van der Waals surface area contributed by atoms with Crippen LogP contribution in [0.4, 0.5) is 0 Å². The first-order chi connectivity index (χ1) is 15.4. The lowest BCUT2D eigenvalue weighted by molar-refractivity contribution is -0.122. The molecular weight excluding hydrogens is 398 g/mol. The second-order valence-corrected chi connectivity index (χ2v) is 8.18. The van der Waals surface area contributed by atoms with E-state index in [9.17, 15) is 14.9 Å². The van der Waals surface area contributed by atoms with Gasteiger partial charge in [0, 0.05) is 18.5 Å². The smallest absolute Gasteiger partial charge is 0.251 e. The molecule has 5 nitrogen and oxygen atoms in total. The van der Waals surface area contributed by atoms with Crippen molar-refractivity contribution in [2.75, 3.05) is 7.05 Å². The topological polar surface area (TPSA) is 82.0 Å². The highest BCUT2D eigenvalue weighted by molar-refractivity contribution is 5.98. The summed E-state index contributed by atoms with van der Waals surface area (Å²) in [6.07, 6.45) is 0. The zero-order valence-corrected chi connectivity index (χ0v) is 18.5. The Morgan fingerprint density at radius 1 is 0.844 bits per heavy atom. The van der Waals surface area contributed by atoms with Gasteiger partial charge in [-0.15, -0.1) is 0 Å². The van der Waals surface area contributed by atoms with Crippen molar-refractivity contribution in [2.24, 2.45) is 0 Å². The van der Waals surface area contributed by atoms with Crippen LogP contribution in [-0.4, -0.2) is 24.9 Å². The Labute approximate surface area is 189 Å². The van der Waals surface area contributed by atoms with Crippen LogP contribution in [0.1, 0.15) is 46.8 Å². The number of nitrogens with one attached hydrogen (secondary N) is 2. The molecule has 3 aromatic rings. The lowest BCUT2D eigenvalue weighted by Crippen LogP contribution is -2.49. The molecule has 2 N–H and O–H groups in total. The summed E-state index contributed by atoms with van der Waals surface area (Å²) in [6.45, 7) is 3.65. The number of amides is 2. The minimum Gasteiger partial charge on any atom is -0.357 e. The molecule has 2 amide bonds. The van der Waals surface area contributed by atoms with Crippen LogP contribution in [-0.2, 0) is 10.2 Å². The number of hydrogen-bond donors (Lipinski definition) is 2. The van der Waals surface area contributed by atoms with Crippen molar-refractivity contribution in [2.45, 2.75) is 31.2 Å². The number of benzene rings is 3. The van der Waals surface area contributed by atoms with E-state index in [0.29, 0.717) is 5.56 Å². The number of carbonyl (C=O) groups excluding carboxylic acids is 2. The third kappa shape index (κ3) is 5.04. The second-order valence-electron chi connectivity index (χ2n) is 8.18. The van der Waals surface area contributed by atoms with Crippen LogP contribution >= 0.6 is 0 Å². The van der Waals surface area contributed by atoms with E-state index in [1.54, 1.807) is 31.3 Å². The Morgan fingerprint density at radius 2 is 1.34 bits per heavy atom. The molecule has 1 unspecified atom stereocenters. The summed E-state index contributed by atoms with van der Waals surface area (Å²) in [7, 11) is 1.56. The fourth-order valence-electron chi connectivity index (χ4n) is 3.68. The molecule has 0 saturated carbocycles. The van der Waals surface area contributed by atoms with Crippen molar-refractivity contribution in [1.29, 1.82) is 5.26 Å². The van der Waals surface area contributed by atoms with E-state index < -0.39 is 11.5 Å². The maximum atomic E-state index is 13.1. The van der Waals surface area contributed by atoms with E-state index >= 15 is 0 Å². The van der Waals surface area contributed by atoms with Crippen molar-refractivity contribution >= 4 is 11.8 Å². The first kappa shape index (κ1) is 22.8. The standard InChI is InChI=1S/C27H27N3O2/c1-27(2,18-28)22-16-14-21(15-17-22)25(31)30-24(26(32)29-3)23(19-10-6-4-7-11-19)20-12-8-5-9-13-20/h4-17,23-24H,1-3H3,(H,29,32)(H,30,31). The van der Waals surface area contributed by atoms with Crippen LogP contribution in [0.3, 0.4) is 0 Å². The molecule has 5 heteroatoms. The van der Waals surface area contributed by atoms with Gasteiger partial charge in [-0.2, -0.15) is 5.26 Å². The molecule has 0 heterocycles. The molecule has 0 spiro atoms. The van der Waals surface area contributed by atoms with Crippen LogP contribution < -0.4 is 10.6 Å². The lowest BCUT2D eigenvalue weighted by atomic mass is 9.84. The Kier molecular flexibility index (Phi) is 7.07. The molecule has 0 aromatic heterocycles. The third-order valence-corrected chi connectivity index (χ3v) is 5.61. The van der Waals surface area contributed by atoms with Crippen LogP contribution in [0.15, 0.2) is 84.9 Å². The summed E-state index contributed by atoms with van der Waals surface area (Å²) >= 11 is 0. The molecule has 0 fully saturated rings. The van der Waals surface area contributed by atoms with Gasteiger partial charge >= 0.3 is 0 Å². The van der Waals surface area contributed by atoms with Crippen LogP contribution in [0, 0.1) is 11.3 Å². The summed E-state index contributed by atoms with van der Waals surface area (Å²) in [5.74, 6) is -0.992. The van der Waals surface area contributed by atoms with Gasteiger partial charge in [-0.3, -0.25) is 9.59 Å². The summed E-state index contributed by atoms with van der Waals surface area (Å²) in [6, 6.07) is 27.7. The first-order valence-electron chi connectivity index (χ1n) is 10.5. The Bertz CT molecular complexity index is 1060. The van der Waals surface area contributed by atoms with Crippen LogP contribution in [0.5, 0.6) is 0 Å². The number of rotatable bonds is 7. The fraction of sp³-hybridized carbons (Fsp3) is 0.222. The number of likely N-dealkylation sites (N-methyl/N-ethyl adjacent to an activating group) is 1. The predicted octanol–water partition coefficient (Wildman–Crippen LogP) is 4.16. The van der Waals surface area contributed by atoms with E-state index in [1.165, 1.54) is 0 Å². The number of hydrogen-bond acceptors (Lipinski definition) is 3. The average molecular weight is 426 g/mol. The van der Waals surface area contributed by atoms with Gasteiger partial charge in [0.05, 0.1) is 11.5 Å². The minimum absolute atomic E-state index is 0.279. The van der Waals surface area contributed by atoms with Crippen molar-refractivity contribution in [3.63, 3.8) is 0 Å². The highest BCUT2D eigenvalue weighted by Gasteiger charge is 2.32. The summed E-state index contributed by atoms with van der Waals surface area (Å²) in [5, 5.41) is 15.0. The van der Waals surface area contributed by atoms with Crippen molar-refractivity contribution in [1.82, 2.24) is 10.6 Å². The van der Waals surface area contributed by atoms with Gasteiger partial charge in [0.15, 0.2) is 0 Å². The summed E-state index contributed by atoms with van der Waals surface area (Å²) < 4.78 is 0. The maximum Gasteiger partial charge on any atom is 0.251 e. The number of nitriles is 1. The second kappa shape index (κ2) is 9.93. The zero-order valence-electron chi connectivity index (χ0n) is 18.5. The Morgan fingerprint density at radius 3 is 1.78 bits per heavy atom. The van der Waals surface area contributed by atoms with E-state index in [1.807, 2.05) is 74.5 Å². The molecular formula is C27H27N3O2. The molecule has 3 aromatic carbocycles. The molecule has 0 bridgehead atoms. The van der Waals surface area contributed by atoms with Gasteiger partial charge in [0.1, 0.15) is 6.04 Å². The zero-order chi connectivity index (χ0) is 23.1.